The molecule has 128 valence electrons. The highest BCUT2D eigenvalue weighted by Crippen LogP contribution is 2.37. The van der Waals surface area contributed by atoms with Gasteiger partial charge in [-0.3, -0.25) is 4.74 Å². The smallest absolute Gasteiger partial charge is 0.320 e. The van der Waals surface area contributed by atoms with Gasteiger partial charge in [0.25, 0.3) is 0 Å². The van der Waals surface area contributed by atoms with E-state index in [-0.39, 0.29) is 0 Å². The second kappa shape index (κ2) is 6.64. The van der Waals surface area contributed by atoms with E-state index < -0.39 is 40.7 Å². The molecule has 0 aliphatic rings. The van der Waals surface area contributed by atoms with Gasteiger partial charge in [-0.25, -0.2) is 4.18 Å². The molecule has 0 rings (SSSR count). The van der Waals surface area contributed by atoms with E-state index in [1.165, 1.54) is 0 Å². The van der Waals surface area contributed by atoms with Gasteiger partial charge >= 0.3 is 27.8 Å². The molecule has 0 bridgehead atoms. The lowest BCUT2D eigenvalue weighted by Gasteiger charge is -2.31. The summed E-state index contributed by atoms with van der Waals surface area (Å²) in [4.78, 5) is 0. The minimum atomic E-state index is -6.20. The molecule has 0 heterocycles. The maximum absolute atomic E-state index is 13.6. The Morgan fingerprint density at radius 1 is 1.10 bits per heavy atom. The van der Waals surface area contributed by atoms with Gasteiger partial charge in [0.15, 0.2) is 6.29 Å². The molecule has 21 heavy (non-hydrogen) atoms. The second-order valence-electron chi connectivity index (χ2n) is 3.37. The first kappa shape index (κ1) is 20.4. The maximum Gasteiger partial charge on any atom is 0.523 e. The highest BCUT2D eigenvalue weighted by Gasteiger charge is 2.61. The first-order valence-corrected chi connectivity index (χ1v) is 6.56. The van der Waals surface area contributed by atoms with E-state index >= 15 is 0 Å². The Bertz CT molecular complexity index is 437. The van der Waals surface area contributed by atoms with Crippen LogP contribution in [0.3, 0.4) is 0 Å². The Labute approximate surface area is 116 Å². The number of rotatable bonds is 8. The van der Waals surface area contributed by atoms with Crippen molar-refractivity contribution in [1.29, 1.82) is 0 Å². The molecule has 2 atom stereocenters. The number of hydrogen-bond acceptors (Lipinski definition) is 6. The maximum atomic E-state index is 13.6. The van der Waals surface area contributed by atoms with Crippen molar-refractivity contribution >= 4 is 10.1 Å². The second-order valence-corrected chi connectivity index (χ2v) is 4.94. The molecule has 0 saturated carbocycles. The Balaban J connectivity index is 5.03. The first-order valence-electron chi connectivity index (χ1n) is 5.15. The van der Waals surface area contributed by atoms with E-state index in [1.807, 2.05) is 0 Å². The van der Waals surface area contributed by atoms with Crippen molar-refractivity contribution in [2.24, 2.45) is 0 Å². The number of ether oxygens (including phenoxy) is 3. The third-order valence-electron chi connectivity index (χ3n) is 1.80. The van der Waals surface area contributed by atoms with Gasteiger partial charge in [0.2, 0.25) is 0 Å². The number of hydrogen-bond donors (Lipinski definition) is 0. The van der Waals surface area contributed by atoms with Crippen LogP contribution >= 0.6 is 0 Å². The van der Waals surface area contributed by atoms with Crippen LogP contribution in [0.5, 0.6) is 0 Å². The van der Waals surface area contributed by atoms with Crippen molar-refractivity contribution in [2.45, 2.75) is 37.8 Å². The fourth-order valence-electron chi connectivity index (χ4n) is 0.979. The largest absolute Gasteiger partial charge is 0.523 e. The summed E-state index contributed by atoms with van der Waals surface area (Å²) in [5.74, 6) is 0. The Morgan fingerprint density at radius 3 is 1.90 bits per heavy atom. The van der Waals surface area contributed by atoms with Crippen LogP contribution in [0.15, 0.2) is 0 Å². The van der Waals surface area contributed by atoms with Crippen LogP contribution in [0.25, 0.3) is 0 Å². The average Bonchev–Trinajstić information content (AvgIpc) is 2.25. The number of halogens is 6. The summed E-state index contributed by atoms with van der Waals surface area (Å²) in [7, 11) is -5.72. The van der Waals surface area contributed by atoms with Gasteiger partial charge in [-0.15, -0.1) is 0 Å². The van der Waals surface area contributed by atoms with Crippen LogP contribution < -0.4 is 0 Å². The van der Waals surface area contributed by atoms with Crippen molar-refractivity contribution in [3.63, 3.8) is 0 Å². The Kier molecular flexibility index (Phi) is 6.44. The summed E-state index contributed by atoms with van der Waals surface area (Å²) >= 11 is 0. The van der Waals surface area contributed by atoms with Crippen LogP contribution in [-0.2, 0) is 28.5 Å². The summed E-state index contributed by atoms with van der Waals surface area (Å²) in [6.07, 6.45) is -7.62. The third kappa shape index (κ3) is 4.95. The van der Waals surface area contributed by atoms with Gasteiger partial charge in [0.05, 0.1) is 6.61 Å². The zero-order chi connectivity index (χ0) is 17.1. The molecule has 0 amide bonds. The van der Waals surface area contributed by atoms with Crippen LogP contribution in [0.4, 0.5) is 26.3 Å². The highest BCUT2D eigenvalue weighted by molar-refractivity contribution is 7.87. The number of alkyl halides is 6. The van der Waals surface area contributed by atoms with Crippen molar-refractivity contribution in [2.75, 3.05) is 13.7 Å². The molecule has 0 aromatic heterocycles. The molecule has 0 aromatic rings. The molecule has 6 nitrogen and oxygen atoms in total. The normalized spacial score (nSPS) is 18.3. The molecule has 0 aromatic carbocycles. The SMILES string of the molecule is CCOC(F)(OC)C(F)(F)OC(C)OS(=O)(=O)C(F)(F)F. The molecule has 0 saturated heterocycles. The zero-order valence-electron chi connectivity index (χ0n) is 10.9. The lowest BCUT2D eigenvalue weighted by molar-refractivity contribution is -0.477. The monoisotopic (exact) mass is 350 g/mol. The molecular weight excluding hydrogens is 338 g/mol. The Morgan fingerprint density at radius 2 is 1.57 bits per heavy atom. The molecule has 0 fully saturated rings. The predicted molar refractivity (Wildman–Crippen MR) is 54.0 cm³/mol. The van der Waals surface area contributed by atoms with Crippen molar-refractivity contribution in [1.82, 2.24) is 0 Å². The average molecular weight is 350 g/mol. The predicted octanol–water partition coefficient (Wildman–Crippen LogP) is 2.11. The lowest BCUT2D eigenvalue weighted by atomic mass is 10.5. The van der Waals surface area contributed by atoms with E-state index in [0.29, 0.717) is 14.0 Å². The van der Waals surface area contributed by atoms with Crippen LogP contribution in [0.2, 0.25) is 0 Å². The molecule has 0 N–H and O–H groups in total. The fourth-order valence-corrected chi connectivity index (χ4v) is 1.48. The minimum absolute atomic E-state index is 0.388. The number of methoxy groups -OCH3 is 1. The van der Waals surface area contributed by atoms with Crippen molar-refractivity contribution < 1.29 is 53.2 Å². The molecular formula is C8H12F6O6S. The van der Waals surface area contributed by atoms with E-state index in [9.17, 15) is 34.8 Å². The van der Waals surface area contributed by atoms with Gasteiger partial charge in [0, 0.05) is 7.11 Å². The molecule has 0 aliphatic heterocycles. The molecule has 0 aliphatic carbocycles. The molecule has 0 spiro atoms. The lowest BCUT2D eigenvalue weighted by Crippen LogP contribution is -2.52. The van der Waals surface area contributed by atoms with Gasteiger partial charge in [-0.2, -0.15) is 34.8 Å². The van der Waals surface area contributed by atoms with Crippen LogP contribution in [0.1, 0.15) is 13.8 Å². The summed E-state index contributed by atoms with van der Waals surface area (Å²) in [5.41, 5.74) is -5.85. The summed E-state index contributed by atoms with van der Waals surface area (Å²) in [5, 5.41) is 0. The standard InChI is InChI=1S/C8H12F6O6S/c1-4-18-7(11,17-3)6(9,10)19-5(2)20-21(15,16)8(12,13)14/h5H,4H2,1-3H3. The fraction of sp³-hybridized carbons (Fsp3) is 1.00. The third-order valence-corrected chi connectivity index (χ3v) is 2.89. The van der Waals surface area contributed by atoms with E-state index in [4.69, 9.17) is 0 Å². The van der Waals surface area contributed by atoms with E-state index in [2.05, 4.69) is 18.4 Å². The highest BCUT2D eigenvalue weighted by atomic mass is 32.2. The van der Waals surface area contributed by atoms with Crippen molar-refractivity contribution in [3.8, 4) is 0 Å². The zero-order valence-corrected chi connectivity index (χ0v) is 11.7. The quantitative estimate of drug-likeness (QED) is 0.289. The van der Waals surface area contributed by atoms with Gasteiger partial charge in [0.1, 0.15) is 0 Å². The topological polar surface area (TPSA) is 71.1 Å². The molecule has 2 unspecified atom stereocenters. The Hall–Kier alpha value is -0.630. The van der Waals surface area contributed by atoms with Gasteiger partial charge in [-0.05, 0) is 13.8 Å². The summed E-state index contributed by atoms with van der Waals surface area (Å²) in [6.45, 7) is 0.913. The first-order chi connectivity index (χ1) is 9.22. The van der Waals surface area contributed by atoms with Crippen LogP contribution in [-0.4, -0.2) is 46.1 Å². The molecule has 13 heteroatoms. The summed E-state index contributed by atoms with van der Waals surface area (Å²) < 4.78 is 112. The van der Waals surface area contributed by atoms with E-state index in [1.54, 1.807) is 0 Å². The van der Waals surface area contributed by atoms with Crippen LogP contribution in [0, 0.1) is 0 Å². The molecule has 0 radical (unpaired) electrons. The van der Waals surface area contributed by atoms with Gasteiger partial charge < -0.3 is 9.47 Å². The van der Waals surface area contributed by atoms with Gasteiger partial charge in [-0.1, -0.05) is 0 Å². The van der Waals surface area contributed by atoms with E-state index in [0.717, 1.165) is 6.92 Å². The minimum Gasteiger partial charge on any atom is -0.320 e. The van der Waals surface area contributed by atoms with Crippen molar-refractivity contribution in [3.05, 3.63) is 0 Å². The summed E-state index contributed by atoms with van der Waals surface area (Å²) in [6, 6.07) is -4.14.